The second-order valence-electron chi connectivity index (χ2n) is 5.17. The summed E-state index contributed by atoms with van der Waals surface area (Å²) >= 11 is 1.27. The predicted octanol–water partition coefficient (Wildman–Crippen LogP) is 0.162. The first-order chi connectivity index (χ1) is 8.58. The van der Waals surface area contributed by atoms with E-state index in [1.807, 2.05) is 0 Å². The van der Waals surface area contributed by atoms with Crippen molar-refractivity contribution < 1.29 is 14.8 Å². The van der Waals surface area contributed by atoms with Gasteiger partial charge in [0.2, 0.25) is 0 Å². The van der Waals surface area contributed by atoms with E-state index in [9.17, 15) is 9.90 Å². The lowest BCUT2D eigenvalue weighted by Crippen LogP contribution is -3.11. The van der Waals surface area contributed by atoms with Gasteiger partial charge in [0.15, 0.2) is 0 Å². The molecule has 5 heteroatoms. The molecule has 1 aliphatic carbocycles. The van der Waals surface area contributed by atoms with Crippen LogP contribution >= 0.6 is 11.3 Å². The van der Waals surface area contributed by atoms with Gasteiger partial charge in [-0.25, -0.2) is 4.98 Å². The zero-order chi connectivity index (χ0) is 13.1. The van der Waals surface area contributed by atoms with Crippen LogP contribution in [0, 0.1) is 6.92 Å². The van der Waals surface area contributed by atoms with Crippen molar-refractivity contribution in [2.24, 2.45) is 0 Å². The Bertz CT molecular complexity index is 425. The number of aryl methyl sites for hydroxylation is 1. The van der Waals surface area contributed by atoms with E-state index < -0.39 is 5.97 Å². The molecule has 1 aromatic heterocycles. The Morgan fingerprint density at radius 2 is 2.11 bits per heavy atom. The Morgan fingerprint density at radius 3 is 2.67 bits per heavy atom. The van der Waals surface area contributed by atoms with Crippen LogP contribution in [-0.4, -0.2) is 24.0 Å². The third-order valence-electron chi connectivity index (χ3n) is 3.76. The number of hydrogen-bond donors (Lipinski definition) is 1. The smallest absolute Gasteiger partial charge is 0.148 e. The van der Waals surface area contributed by atoms with Crippen molar-refractivity contribution in [2.45, 2.75) is 51.6 Å². The second-order valence-corrected chi connectivity index (χ2v) is 6.25. The fourth-order valence-electron chi connectivity index (χ4n) is 2.70. The molecule has 2 rings (SSSR count). The average molecular weight is 268 g/mol. The fourth-order valence-corrected chi connectivity index (χ4v) is 3.69. The first-order valence-corrected chi connectivity index (χ1v) is 7.39. The van der Waals surface area contributed by atoms with Crippen molar-refractivity contribution in [1.29, 1.82) is 0 Å². The number of carboxylic acids is 1. The molecule has 0 spiro atoms. The normalized spacial score (nSPS) is 18.8. The summed E-state index contributed by atoms with van der Waals surface area (Å²) in [5.41, 5.74) is 0.589. The summed E-state index contributed by atoms with van der Waals surface area (Å²) in [6, 6.07) is 0.703. The summed E-state index contributed by atoms with van der Waals surface area (Å²) in [6.07, 6.45) is 6.56. The van der Waals surface area contributed by atoms with Crippen LogP contribution in [0.4, 0.5) is 0 Å². The van der Waals surface area contributed by atoms with Gasteiger partial charge in [0.25, 0.3) is 0 Å². The SMILES string of the molecule is Cc1nc(C[NH+](C)C2CCCCC2)sc1C(=O)[O-]. The summed E-state index contributed by atoms with van der Waals surface area (Å²) in [7, 11) is 2.19. The Morgan fingerprint density at radius 1 is 1.44 bits per heavy atom. The topological polar surface area (TPSA) is 57.5 Å². The van der Waals surface area contributed by atoms with E-state index in [1.165, 1.54) is 48.3 Å². The van der Waals surface area contributed by atoms with Gasteiger partial charge in [-0.05, 0) is 32.6 Å². The lowest BCUT2D eigenvalue weighted by Gasteiger charge is -2.27. The maximum atomic E-state index is 10.9. The number of hydrogen-bond acceptors (Lipinski definition) is 4. The summed E-state index contributed by atoms with van der Waals surface area (Å²) in [6.45, 7) is 2.56. The van der Waals surface area contributed by atoms with E-state index in [-0.39, 0.29) is 4.88 Å². The number of thiazole rings is 1. The Labute approximate surface area is 112 Å². The van der Waals surface area contributed by atoms with Crippen molar-refractivity contribution in [2.75, 3.05) is 7.05 Å². The van der Waals surface area contributed by atoms with Gasteiger partial charge in [-0.15, -0.1) is 11.3 Å². The first kappa shape index (κ1) is 13.5. The molecule has 0 bridgehead atoms. The molecule has 0 aliphatic heterocycles. The molecule has 1 heterocycles. The minimum Gasteiger partial charge on any atom is -0.544 e. The van der Waals surface area contributed by atoms with Crippen molar-refractivity contribution in [3.8, 4) is 0 Å². The zero-order valence-electron chi connectivity index (χ0n) is 11.0. The number of nitrogens with zero attached hydrogens (tertiary/aromatic N) is 1. The number of rotatable bonds is 4. The van der Waals surface area contributed by atoms with Crippen molar-refractivity contribution in [3.05, 3.63) is 15.6 Å². The van der Waals surface area contributed by atoms with E-state index in [4.69, 9.17) is 0 Å². The minimum atomic E-state index is -1.11. The van der Waals surface area contributed by atoms with Crippen LogP contribution < -0.4 is 10.0 Å². The molecular formula is C13H20N2O2S. The molecule has 1 saturated carbocycles. The van der Waals surface area contributed by atoms with Gasteiger partial charge < -0.3 is 14.8 Å². The largest absolute Gasteiger partial charge is 0.544 e. The Balaban J connectivity index is 2.00. The molecule has 1 unspecified atom stereocenters. The molecule has 0 saturated heterocycles. The number of carboxylic acid groups (broad SMARTS) is 1. The molecule has 0 amide bonds. The van der Waals surface area contributed by atoms with Crippen LogP contribution in [0.15, 0.2) is 0 Å². The maximum absolute atomic E-state index is 10.9. The molecule has 100 valence electrons. The summed E-state index contributed by atoms with van der Waals surface area (Å²) in [4.78, 5) is 16.9. The number of carbonyl (C=O) groups is 1. The van der Waals surface area contributed by atoms with E-state index in [0.717, 1.165) is 11.6 Å². The monoisotopic (exact) mass is 268 g/mol. The van der Waals surface area contributed by atoms with Crippen LogP contribution in [0.1, 0.15) is 52.5 Å². The molecule has 0 aromatic carbocycles. The fraction of sp³-hybridized carbons (Fsp3) is 0.692. The van der Waals surface area contributed by atoms with Gasteiger partial charge in [0, 0.05) is 0 Å². The third-order valence-corrected chi connectivity index (χ3v) is 4.90. The van der Waals surface area contributed by atoms with Gasteiger partial charge in [-0.2, -0.15) is 0 Å². The van der Waals surface area contributed by atoms with Crippen LogP contribution in [-0.2, 0) is 6.54 Å². The average Bonchev–Trinajstić information content (AvgIpc) is 2.71. The van der Waals surface area contributed by atoms with Crippen molar-refractivity contribution in [3.63, 3.8) is 0 Å². The van der Waals surface area contributed by atoms with Crippen LogP contribution in [0.25, 0.3) is 0 Å². The number of nitrogens with one attached hydrogen (secondary N) is 1. The summed E-state index contributed by atoms with van der Waals surface area (Å²) in [5, 5.41) is 11.8. The highest BCUT2D eigenvalue weighted by molar-refractivity contribution is 7.13. The Kier molecular flexibility index (Phi) is 4.35. The van der Waals surface area contributed by atoms with E-state index >= 15 is 0 Å². The quantitative estimate of drug-likeness (QED) is 0.846. The number of quaternary nitrogens is 1. The second kappa shape index (κ2) is 5.80. The molecule has 0 radical (unpaired) electrons. The summed E-state index contributed by atoms with van der Waals surface area (Å²) in [5.74, 6) is -1.11. The standard InChI is InChI=1S/C13H20N2O2S/c1-9-12(13(16)17)18-11(14-9)8-15(2)10-6-4-3-5-7-10/h10H,3-8H2,1-2H3,(H,16,17). The number of aromatic nitrogens is 1. The molecular weight excluding hydrogens is 248 g/mol. The molecule has 4 nitrogen and oxygen atoms in total. The molecule has 18 heavy (non-hydrogen) atoms. The highest BCUT2D eigenvalue weighted by Crippen LogP contribution is 2.18. The van der Waals surface area contributed by atoms with Gasteiger partial charge >= 0.3 is 0 Å². The predicted molar refractivity (Wildman–Crippen MR) is 68.6 cm³/mol. The first-order valence-electron chi connectivity index (χ1n) is 6.58. The van der Waals surface area contributed by atoms with E-state index in [0.29, 0.717) is 11.7 Å². The van der Waals surface area contributed by atoms with E-state index in [2.05, 4.69) is 12.0 Å². The zero-order valence-corrected chi connectivity index (χ0v) is 11.8. The van der Waals surface area contributed by atoms with Crippen molar-refractivity contribution >= 4 is 17.3 Å². The molecule has 1 aliphatic rings. The molecule has 1 atom stereocenters. The lowest BCUT2D eigenvalue weighted by atomic mass is 9.94. The van der Waals surface area contributed by atoms with Gasteiger partial charge in [-0.1, -0.05) is 6.42 Å². The highest BCUT2D eigenvalue weighted by atomic mass is 32.1. The summed E-state index contributed by atoms with van der Waals surface area (Å²) < 4.78 is 0. The number of carbonyl (C=O) groups excluding carboxylic acids is 1. The third kappa shape index (κ3) is 3.09. The molecule has 1 fully saturated rings. The molecule has 1 N–H and O–H groups in total. The molecule has 1 aromatic rings. The lowest BCUT2D eigenvalue weighted by molar-refractivity contribution is -0.921. The van der Waals surface area contributed by atoms with Crippen LogP contribution in [0.5, 0.6) is 0 Å². The van der Waals surface area contributed by atoms with E-state index in [1.54, 1.807) is 6.92 Å². The van der Waals surface area contributed by atoms with Gasteiger partial charge in [0.05, 0.1) is 29.6 Å². The highest BCUT2D eigenvalue weighted by Gasteiger charge is 2.22. The minimum absolute atomic E-state index is 0.279. The van der Waals surface area contributed by atoms with Crippen LogP contribution in [0.2, 0.25) is 0 Å². The number of aromatic carboxylic acids is 1. The maximum Gasteiger partial charge on any atom is 0.148 e. The van der Waals surface area contributed by atoms with Gasteiger partial charge in [-0.3, -0.25) is 0 Å². The van der Waals surface area contributed by atoms with Crippen molar-refractivity contribution in [1.82, 2.24) is 4.98 Å². The Hall–Kier alpha value is -0.940. The van der Waals surface area contributed by atoms with Crippen LogP contribution in [0.3, 0.4) is 0 Å². The van der Waals surface area contributed by atoms with Gasteiger partial charge in [0.1, 0.15) is 11.6 Å².